The molecule has 2 saturated heterocycles. The molecule has 8 rings (SSSR count). The van der Waals surface area contributed by atoms with Crippen molar-refractivity contribution in [3.05, 3.63) is 179 Å². The Morgan fingerprint density at radius 2 is 0.696 bits per heavy atom. The molecule has 6 aromatic carbocycles. The van der Waals surface area contributed by atoms with E-state index in [4.69, 9.17) is 72.2 Å². The molecule has 0 spiro atoms. The second-order valence-corrected chi connectivity index (χ2v) is 33.6. The Labute approximate surface area is 631 Å². The van der Waals surface area contributed by atoms with Gasteiger partial charge < -0.3 is 18.9 Å². The minimum atomic E-state index is -1.08. The molecule has 2 fully saturated rings. The number of aliphatic hydroxyl groups excluding tert-OH is 4. The fourth-order valence-electron chi connectivity index (χ4n) is 11.6. The van der Waals surface area contributed by atoms with Crippen LogP contribution < -0.4 is 28.4 Å². The fraction of sp³-hybridized carbons (Fsp3) is 0.566. The fourth-order valence-corrected chi connectivity index (χ4v) is 18.7. The van der Waals surface area contributed by atoms with E-state index in [9.17, 15) is 5.11 Å². The molecule has 6 aromatic rings. The SMILES string of the molecule is C.CCC(C)[C@@H](OCc1ccc(OC)cc1)C(OCc1ccc(OC)cc1)[C@H](C)CC.CCC(C)[C@@H](OCc1ccc(OC)cc1)C(OCc1ccc(OC)cc1)[C@H](C)C[Se]C.COc1ccc(COCC2[Se]CC(OCc3ccc(OC)cc3)[C@@H](C)[C@@H]2C)cc1.OCC1[Se]CC(O)[C@@H](O)[C@@H]1O. The molecule has 16 atom stereocenters. The van der Waals surface area contributed by atoms with Crippen LogP contribution in [0.1, 0.15) is 122 Å². The molecule has 8 unspecified atom stereocenters. The van der Waals surface area contributed by atoms with Crippen molar-refractivity contribution < 1.29 is 77.3 Å². The Hall–Kier alpha value is -4.72. The minimum absolute atomic E-state index is 0. The van der Waals surface area contributed by atoms with Gasteiger partial charge in [-0.25, -0.2) is 0 Å². The van der Waals surface area contributed by atoms with Crippen molar-refractivity contribution in [3.8, 4) is 34.5 Å². The molecule has 102 heavy (non-hydrogen) atoms. The van der Waals surface area contributed by atoms with Crippen LogP contribution in [0.2, 0.25) is 31.4 Å². The molecule has 0 aliphatic carbocycles. The maximum atomic E-state index is 9.25. The normalized spacial score (nSPS) is 20.9. The summed E-state index contributed by atoms with van der Waals surface area (Å²) in [7, 11) is 10.1. The molecule has 16 nitrogen and oxygen atoms in total. The predicted octanol–water partition coefficient (Wildman–Crippen LogP) is 15.9. The Morgan fingerprint density at radius 3 is 0.990 bits per heavy atom. The zero-order valence-corrected chi connectivity index (χ0v) is 68.0. The van der Waals surface area contributed by atoms with Gasteiger partial charge in [0.05, 0.1) is 39.6 Å². The van der Waals surface area contributed by atoms with E-state index < -0.39 is 18.3 Å². The van der Waals surface area contributed by atoms with E-state index >= 15 is 0 Å². The molecule has 0 radical (unpaired) electrons. The van der Waals surface area contributed by atoms with Crippen molar-refractivity contribution in [2.24, 2.45) is 35.5 Å². The van der Waals surface area contributed by atoms with Crippen molar-refractivity contribution in [2.45, 2.75) is 209 Å². The molecule has 2 aliphatic heterocycles. The van der Waals surface area contributed by atoms with Gasteiger partial charge in [0.15, 0.2) is 0 Å². The van der Waals surface area contributed by atoms with Gasteiger partial charge in [-0.15, -0.1) is 0 Å². The number of rotatable bonds is 37. The first-order chi connectivity index (χ1) is 48.8. The Balaban J connectivity index is 0.000000300. The van der Waals surface area contributed by atoms with Crippen LogP contribution in [0.25, 0.3) is 0 Å². The molecule has 0 aromatic heterocycles. The monoisotopic (exact) mass is 1620 g/mol. The van der Waals surface area contributed by atoms with E-state index in [-0.39, 0.29) is 58.2 Å². The van der Waals surface area contributed by atoms with E-state index in [2.05, 4.69) is 141 Å². The van der Waals surface area contributed by atoms with E-state index in [0.717, 1.165) is 87.9 Å². The zero-order valence-electron chi connectivity index (χ0n) is 62.9. The van der Waals surface area contributed by atoms with Gasteiger partial charge in [-0.05, 0) is 47.2 Å². The summed E-state index contributed by atoms with van der Waals surface area (Å²) in [6, 6.07) is 48.6. The molecule has 4 N–H and O–H groups in total. The third kappa shape index (κ3) is 30.3. The van der Waals surface area contributed by atoms with E-state index in [1.165, 1.54) is 16.4 Å². The third-order valence-electron chi connectivity index (χ3n) is 19.3. The molecule has 570 valence electrons. The van der Waals surface area contributed by atoms with Crippen molar-refractivity contribution in [1.82, 2.24) is 0 Å². The van der Waals surface area contributed by atoms with Crippen LogP contribution in [0.5, 0.6) is 34.5 Å². The molecule has 0 saturated carbocycles. The van der Waals surface area contributed by atoms with Crippen LogP contribution in [0.4, 0.5) is 0 Å². The van der Waals surface area contributed by atoms with Gasteiger partial charge in [-0.3, -0.25) is 0 Å². The van der Waals surface area contributed by atoms with Gasteiger partial charge in [0.2, 0.25) is 0 Å². The summed E-state index contributed by atoms with van der Waals surface area (Å²) in [6.45, 7) is 24.8. The number of hydrogen-bond donors (Lipinski definition) is 4. The first-order valence-electron chi connectivity index (χ1n) is 35.6. The second-order valence-electron chi connectivity index (χ2n) is 26.3. The Morgan fingerprint density at radius 1 is 0.402 bits per heavy atom. The van der Waals surface area contributed by atoms with Crippen molar-refractivity contribution in [2.75, 3.05) is 55.9 Å². The van der Waals surface area contributed by atoms with Crippen LogP contribution in [0.3, 0.4) is 0 Å². The van der Waals surface area contributed by atoms with Crippen molar-refractivity contribution >= 4 is 44.9 Å². The number of aliphatic hydroxyl groups is 4. The molecule has 0 bridgehead atoms. The molecule has 2 heterocycles. The van der Waals surface area contributed by atoms with E-state index in [1.54, 1.807) is 42.7 Å². The zero-order chi connectivity index (χ0) is 73.6. The van der Waals surface area contributed by atoms with Gasteiger partial charge in [-0.1, -0.05) is 72.2 Å². The summed E-state index contributed by atoms with van der Waals surface area (Å²) in [5.74, 6) is 10.3. The van der Waals surface area contributed by atoms with Gasteiger partial charge in [0.25, 0.3) is 0 Å². The summed E-state index contributed by atoms with van der Waals surface area (Å²) in [6.07, 6.45) is 0.803. The van der Waals surface area contributed by atoms with Gasteiger partial charge in [0, 0.05) is 0 Å². The quantitative estimate of drug-likeness (QED) is 0.0269. The van der Waals surface area contributed by atoms with Crippen LogP contribution in [0, 0.1) is 35.5 Å². The van der Waals surface area contributed by atoms with Crippen LogP contribution >= 0.6 is 0 Å². The predicted molar refractivity (Wildman–Crippen MR) is 413 cm³/mol. The number of hydrogen-bond acceptors (Lipinski definition) is 16. The summed E-state index contributed by atoms with van der Waals surface area (Å²) >= 11 is 1.17. The van der Waals surface area contributed by atoms with Crippen molar-refractivity contribution in [3.63, 3.8) is 0 Å². The average molecular weight is 1610 g/mol. The number of benzene rings is 6. The maximum absolute atomic E-state index is 9.25. The molecular formula is C83H124O16Se3. The third-order valence-corrected chi connectivity index (χ3v) is 27.2. The number of methoxy groups -OCH3 is 6. The van der Waals surface area contributed by atoms with Crippen LogP contribution in [-0.4, -0.2) is 170 Å². The first-order valence-corrected chi connectivity index (χ1v) is 42.9. The topological polar surface area (TPSA) is 192 Å². The van der Waals surface area contributed by atoms with Crippen LogP contribution in [0.15, 0.2) is 146 Å². The molecule has 2 aliphatic rings. The molecule has 19 heteroatoms. The standard InChI is InChI=1S/C26H38O4Se.C26H38O4.C24H32O4Se.C6H12O4Se.CH4/c1-7-19(2)25(29-16-21-8-12-23(27-4)13-9-21)26(20(3)18-31-6)30-17-22-10-14-24(28-5)15-11-22;1-7-19(3)25(29-17-21-9-13-23(27-5)14-10-21)26(20(4)8-2)30-18-22-11-15-24(28-6)16-12-22;1-17-18(2)24(15-27-13-19-5-9-21(25-3)10-6-19)29-16-23(17)28-14-20-7-11-22(26-4)12-8-20;7-1-4-6(10)5(9)3(8)2-11-4;/h8-15,19-20,25-26H,7,16-18H2,1-6H3;9-16,19-20,25-26H,7-8,17-18H2,1-6H3;5-12,17-18,23-24H,13-16H2,1-4H3;3-10H,1-2H2;1H4/t19?,20-,25-,26?;19-,20?,25?,26-;17-,18-,23?,24?;3?,4?,5-,6-;/m1101./s1. The van der Waals surface area contributed by atoms with Gasteiger partial charge in [-0.2, -0.15) is 0 Å². The van der Waals surface area contributed by atoms with Crippen molar-refractivity contribution in [1.29, 1.82) is 0 Å². The summed E-state index contributed by atoms with van der Waals surface area (Å²) < 4.78 is 69.9. The van der Waals surface area contributed by atoms with Gasteiger partial charge in [0.1, 0.15) is 11.5 Å². The molecular weight excluding hydrogens is 1490 g/mol. The van der Waals surface area contributed by atoms with E-state index in [1.807, 2.05) is 72.8 Å². The summed E-state index contributed by atoms with van der Waals surface area (Å²) in [5, 5.41) is 39.1. The summed E-state index contributed by atoms with van der Waals surface area (Å²) in [4.78, 5) is 0.428. The Kier molecular flexibility index (Phi) is 43.9. The summed E-state index contributed by atoms with van der Waals surface area (Å²) in [5.41, 5.74) is 6.97. The number of ether oxygens (including phenoxy) is 12. The first kappa shape index (κ1) is 89.7. The average Bonchev–Trinajstić information content (AvgIpc) is 0.841. The Bertz CT molecular complexity index is 3010. The van der Waals surface area contributed by atoms with Crippen LogP contribution in [-0.2, 0) is 68.1 Å². The van der Waals surface area contributed by atoms with Gasteiger partial charge >= 0.3 is 446 Å². The van der Waals surface area contributed by atoms with E-state index in [0.29, 0.717) is 121 Å². The second kappa shape index (κ2) is 50.0. The molecule has 0 amide bonds.